The Hall–Kier alpha value is -2.37. The van der Waals surface area contributed by atoms with Gasteiger partial charge in [-0.25, -0.2) is 0 Å². The SMILES string of the molecule is CNc1ccc(N)c(C(=N)c2ccc(CN3CCOCC3)cc2)c1. The number of nitrogens with two attached hydrogens (primary N) is 1. The summed E-state index contributed by atoms with van der Waals surface area (Å²) in [6.45, 7) is 4.50. The van der Waals surface area contributed by atoms with Gasteiger partial charge in [0.05, 0.1) is 18.9 Å². The molecular formula is C19H24N4O. The maximum absolute atomic E-state index is 8.47. The van der Waals surface area contributed by atoms with Crippen LogP contribution >= 0.6 is 0 Å². The van der Waals surface area contributed by atoms with Crippen LogP contribution in [0.3, 0.4) is 0 Å². The standard InChI is InChI=1S/C19H24N4O/c1-22-16-6-7-18(20)17(12-16)19(21)15-4-2-14(3-5-15)13-23-8-10-24-11-9-23/h2-7,12,21-22H,8-11,13,20H2,1H3. The van der Waals surface area contributed by atoms with Crippen LogP contribution in [-0.2, 0) is 11.3 Å². The number of ether oxygens (including phenoxy) is 1. The van der Waals surface area contributed by atoms with Crippen molar-refractivity contribution in [1.82, 2.24) is 4.90 Å². The van der Waals surface area contributed by atoms with Crippen molar-refractivity contribution in [2.24, 2.45) is 0 Å². The third-order valence-corrected chi connectivity index (χ3v) is 4.36. The molecule has 0 unspecified atom stereocenters. The van der Waals surface area contributed by atoms with Crippen molar-refractivity contribution in [3.63, 3.8) is 0 Å². The molecule has 2 aromatic carbocycles. The first kappa shape index (κ1) is 16.5. The largest absolute Gasteiger partial charge is 0.398 e. The van der Waals surface area contributed by atoms with E-state index < -0.39 is 0 Å². The number of nitrogens with zero attached hydrogens (tertiary/aromatic N) is 1. The predicted octanol–water partition coefficient (Wildman–Crippen LogP) is 2.56. The van der Waals surface area contributed by atoms with E-state index in [2.05, 4.69) is 22.3 Å². The highest BCUT2D eigenvalue weighted by Crippen LogP contribution is 2.21. The van der Waals surface area contributed by atoms with E-state index in [-0.39, 0.29) is 0 Å². The summed E-state index contributed by atoms with van der Waals surface area (Å²) in [5.41, 5.74) is 11.0. The molecule has 2 aromatic rings. The van der Waals surface area contributed by atoms with E-state index in [1.54, 1.807) is 0 Å². The lowest BCUT2D eigenvalue weighted by Crippen LogP contribution is -2.35. The minimum Gasteiger partial charge on any atom is -0.398 e. The van der Waals surface area contributed by atoms with Crippen molar-refractivity contribution in [2.45, 2.75) is 6.54 Å². The number of nitrogen functional groups attached to an aromatic ring is 1. The molecule has 5 heteroatoms. The molecule has 1 aliphatic rings. The molecule has 1 saturated heterocycles. The second-order valence-electron chi connectivity index (χ2n) is 6.01. The average molecular weight is 324 g/mol. The van der Waals surface area contributed by atoms with Crippen LogP contribution in [0.5, 0.6) is 0 Å². The van der Waals surface area contributed by atoms with Crippen molar-refractivity contribution in [2.75, 3.05) is 44.4 Å². The molecule has 0 bridgehead atoms. The van der Waals surface area contributed by atoms with E-state index in [1.807, 2.05) is 37.4 Å². The summed E-state index contributed by atoms with van der Waals surface area (Å²) in [4.78, 5) is 2.39. The summed E-state index contributed by atoms with van der Waals surface area (Å²) in [5.74, 6) is 0. The summed E-state index contributed by atoms with van der Waals surface area (Å²) in [6.07, 6.45) is 0. The third-order valence-electron chi connectivity index (χ3n) is 4.36. The first-order valence-electron chi connectivity index (χ1n) is 8.23. The first-order chi connectivity index (χ1) is 11.7. The molecule has 1 fully saturated rings. The monoisotopic (exact) mass is 324 g/mol. The van der Waals surface area contributed by atoms with Crippen LogP contribution in [-0.4, -0.2) is 44.0 Å². The highest BCUT2D eigenvalue weighted by molar-refractivity contribution is 6.14. The number of anilines is 2. The molecule has 126 valence electrons. The zero-order chi connectivity index (χ0) is 16.9. The van der Waals surface area contributed by atoms with Crippen LogP contribution < -0.4 is 11.1 Å². The molecule has 0 atom stereocenters. The van der Waals surface area contributed by atoms with Crippen LogP contribution in [0.4, 0.5) is 11.4 Å². The Labute approximate surface area is 142 Å². The number of nitrogens with one attached hydrogen (secondary N) is 2. The second kappa shape index (κ2) is 7.47. The smallest absolute Gasteiger partial charge is 0.0705 e. The molecule has 24 heavy (non-hydrogen) atoms. The van der Waals surface area contributed by atoms with Crippen LogP contribution in [0.1, 0.15) is 16.7 Å². The van der Waals surface area contributed by atoms with Gasteiger partial charge in [-0.05, 0) is 23.8 Å². The topological polar surface area (TPSA) is 74.4 Å². The molecule has 0 radical (unpaired) electrons. The molecule has 0 amide bonds. The van der Waals surface area contributed by atoms with Crippen molar-refractivity contribution >= 4 is 17.1 Å². The lowest BCUT2D eigenvalue weighted by molar-refractivity contribution is 0.0342. The van der Waals surface area contributed by atoms with Gasteiger partial charge in [-0.15, -0.1) is 0 Å². The normalized spacial score (nSPS) is 15.2. The number of benzene rings is 2. The van der Waals surface area contributed by atoms with Crippen LogP contribution in [0.15, 0.2) is 42.5 Å². The molecule has 0 saturated carbocycles. The van der Waals surface area contributed by atoms with E-state index in [4.69, 9.17) is 15.9 Å². The predicted molar refractivity (Wildman–Crippen MR) is 98.9 cm³/mol. The molecular weight excluding hydrogens is 300 g/mol. The molecule has 0 spiro atoms. The minimum absolute atomic E-state index is 0.447. The van der Waals surface area contributed by atoms with E-state index in [0.717, 1.165) is 49.7 Å². The lowest BCUT2D eigenvalue weighted by Gasteiger charge is -2.26. The molecule has 5 nitrogen and oxygen atoms in total. The summed E-state index contributed by atoms with van der Waals surface area (Å²) in [6, 6.07) is 13.9. The Bertz CT molecular complexity index is 706. The van der Waals surface area contributed by atoms with Crippen LogP contribution in [0.25, 0.3) is 0 Å². The number of morpholine rings is 1. The number of hydrogen-bond acceptors (Lipinski definition) is 5. The van der Waals surface area contributed by atoms with E-state index >= 15 is 0 Å². The Balaban J connectivity index is 1.74. The Morgan fingerprint density at radius 1 is 1.17 bits per heavy atom. The lowest BCUT2D eigenvalue weighted by atomic mass is 9.99. The highest BCUT2D eigenvalue weighted by atomic mass is 16.5. The molecule has 3 rings (SSSR count). The molecule has 1 heterocycles. The zero-order valence-electron chi connectivity index (χ0n) is 14.0. The molecule has 4 N–H and O–H groups in total. The third kappa shape index (κ3) is 3.75. The summed E-state index contributed by atoms with van der Waals surface area (Å²) < 4.78 is 5.38. The van der Waals surface area contributed by atoms with Crippen molar-refractivity contribution in [1.29, 1.82) is 5.41 Å². The van der Waals surface area contributed by atoms with Gasteiger partial charge >= 0.3 is 0 Å². The van der Waals surface area contributed by atoms with Crippen molar-refractivity contribution in [3.05, 3.63) is 59.2 Å². The zero-order valence-corrected chi connectivity index (χ0v) is 14.0. The Kier molecular flexibility index (Phi) is 5.13. The quantitative estimate of drug-likeness (QED) is 0.584. The highest BCUT2D eigenvalue weighted by Gasteiger charge is 2.12. The molecule has 0 aromatic heterocycles. The van der Waals surface area contributed by atoms with Gasteiger partial charge in [-0.2, -0.15) is 0 Å². The van der Waals surface area contributed by atoms with Gasteiger partial charge in [0.2, 0.25) is 0 Å². The van der Waals surface area contributed by atoms with Gasteiger partial charge in [-0.1, -0.05) is 24.3 Å². The Morgan fingerprint density at radius 3 is 2.54 bits per heavy atom. The maximum Gasteiger partial charge on any atom is 0.0705 e. The van der Waals surface area contributed by atoms with E-state index in [1.165, 1.54) is 5.56 Å². The van der Waals surface area contributed by atoms with Crippen LogP contribution in [0.2, 0.25) is 0 Å². The van der Waals surface area contributed by atoms with Crippen molar-refractivity contribution < 1.29 is 4.74 Å². The first-order valence-corrected chi connectivity index (χ1v) is 8.23. The van der Waals surface area contributed by atoms with Crippen LogP contribution in [0, 0.1) is 5.41 Å². The fraction of sp³-hybridized carbons (Fsp3) is 0.316. The average Bonchev–Trinajstić information content (AvgIpc) is 2.63. The Morgan fingerprint density at radius 2 is 1.88 bits per heavy atom. The maximum atomic E-state index is 8.47. The van der Waals surface area contributed by atoms with Gasteiger partial charge in [0.15, 0.2) is 0 Å². The number of rotatable bonds is 5. The molecule has 0 aliphatic carbocycles. The summed E-state index contributed by atoms with van der Waals surface area (Å²) >= 11 is 0. The fourth-order valence-corrected chi connectivity index (χ4v) is 2.88. The van der Waals surface area contributed by atoms with E-state index in [9.17, 15) is 0 Å². The van der Waals surface area contributed by atoms with Gasteiger partial charge in [-0.3, -0.25) is 10.3 Å². The second-order valence-corrected chi connectivity index (χ2v) is 6.01. The fourth-order valence-electron chi connectivity index (χ4n) is 2.88. The van der Waals surface area contributed by atoms with E-state index in [0.29, 0.717) is 11.4 Å². The van der Waals surface area contributed by atoms with Gasteiger partial charge in [0, 0.05) is 49.2 Å². The van der Waals surface area contributed by atoms with Gasteiger partial charge in [0.25, 0.3) is 0 Å². The van der Waals surface area contributed by atoms with Gasteiger partial charge < -0.3 is 15.8 Å². The molecule has 1 aliphatic heterocycles. The summed E-state index contributed by atoms with van der Waals surface area (Å²) in [5, 5.41) is 11.6. The van der Waals surface area contributed by atoms with Gasteiger partial charge in [0.1, 0.15) is 0 Å². The minimum atomic E-state index is 0.447. The summed E-state index contributed by atoms with van der Waals surface area (Å²) in [7, 11) is 1.86. The number of hydrogen-bond donors (Lipinski definition) is 3. The van der Waals surface area contributed by atoms with Crippen molar-refractivity contribution in [3.8, 4) is 0 Å².